The fourth-order valence-corrected chi connectivity index (χ4v) is 3.02. The molecule has 0 saturated carbocycles. The van der Waals surface area contributed by atoms with Crippen LogP contribution in [-0.4, -0.2) is 11.6 Å². The van der Waals surface area contributed by atoms with Gasteiger partial charge in [0, 0.05) is 11.8 Å². The molecule has 1 heterocycles. The second-order valence-corrected chi connectivity index (χ2v) is 6.92. The maximum atomic E-state index is 14.1. The Balaban J connectivity index is 1.82. The van der Waals surface area contributed by atoms with Crippen LogP contribution >= 0.6 is 0 Å². The molecule has 0 saturated heterocycles. The molecule has 2 nitrogen and oxygen atoms in total. The van der Waals surface area contributed by atoms with E-state index in [1.165, 1.54) is 56.6 Å². The molecule has 3 heteroatoms. The fraction of sp³-hybridized carbons (Fsp3) is 0.522. The zero-order chi connectivity index (χ0) is 18.6. The zero-order valence-corrected chi connectivity index (χ0v) is 16.3. The monoisotopic (exact) mass is 357 g/mol. The first-order valence-corrected chi connectivity index (χ1v) is 10.1. The summed E-state index contributed by atoms with van der Waals surface area (Å²) in [4.78, 5) is 4.51. The molecular weight excluding hydrogens is 325 g/mol. The van der Waals surface area contributed by atoms with Gasteiger partial charge in [-0.15, -0.1) is 0 Å². The largest absolute Gasteiger partial charge is 0.491 e. The fourth-order valence-electron chi connectivity index (χ4n) is 3.02. The van der Waals surface area contributed by atoms with Crippen LogP contribution in [-0.2, 0) is 6.42 Å². The van der Waals surface area contributed by atoms with E-state index >= 15 is 0 Å². The average molecular weight is 358 g/mol. The van der Waals surface area contributed by atoms with Crippen molar-refractivity contribution in [2.75, 3.05) is 6.61 Å². The molecule has 26 heavy (non-hydrogen) atoms. The van der Waals surface area contributed by atoms with Gasteiger partial charge < -0.3 is 4.74 Å². The van der Waals surface area contributed by atoms with Crippen LogP contribution in [0, 0.1) is 5.82 Å². The first kappa shape index (κ1) is 20.4. The van der Waals surface area contributed by atoms with E-state index in [4.69, 9.17) is 4.74 Å². The van der Waals surface area contributed by atoms with E-state index in [0.717, 1.165) is 24.1 Å². The Bertz CT molecular complexity index is 639. The van der Waals surface area contributed by atoms with Crippen molar-refractivity contribution in [3.8, 4) is 17.0 Å². The molecule has 0 atom stereocenters. The van der Waals surface area contributed by atoms with Crippen LogP contribution in [0.1, 0.15) is 70.8 Å². The average Bonchev–Trinajstić information content (AvgIpc) is 2.67. The van der Waals surface area contributed by atoms with E-state index in [-0.39, 0.29) is 5.82 Å². The first-order valence-electron chi connectivity index (χ1n) is 10.1. The minimum absolute atomic E-state index is 0.311. The lowest BCUT2D eigenvalue weighted by atomic mass is 10.0. The topological polar surface area (TPSA) is 22.1 Å². The summed E-state index contributed by atoms with van der Waals surface area (Å²) in [7, 11) is 0. The van der Waals surface area contributed by atoms with Crippen molar-refractivity contribution in [1.29, 1.82) is 0 Å². The zero-order valence-electron chi connectivity index (χ0n) is 16.3. The lowest BCUT2D eigenvalue weighted by Crippen LogP contribution is -1.97. The summed E-state index contributed by atoms with van der Waals surface area (Å²) >= 11 is 0. The maximum Gasteiger partial charge on any atom is 0.165 e. The van der Waals surface area contributed by atoms with Gasteiger partial charge in [0.05, 0.1) is 12.3 Å². The van der Waals surface area contributed by atoms with Crippen molar-refractivity contribution in [2.45, 2.75) is 71.6 Å². The molecule has 0 aliphatic rings. The summed E-state index contributed by atoms with van der Waals surface area (Å²) in [6, 6.07) is 9.15. The van der Waals surface area contributed by atoms with Crippen LogP contribution in [0.15, 0.2) is 36.5 Å². The Morgan fingerprint density at radius 1 is 0.885 bits per heavy atom. The molecule has 1 aromatic carbocycles. The maximum absolute atomic E-state index is 14.1. The summed E-state index contributed by atoms with van der Waals surface area (Å²) in [5.74, 6) is -0.0175. The van der Waals surface area contributed by atoms with Crippen LogP contribution in [0.3, 0.4) is 0 Å². The van der Waals surface area contributed by atoms with E-state index in [9.17, 15) is 4.39 Å². The molecule has 0 radical (unpaired) electrons. The third-order valence-corrected chi connectivity index (χ3v) is 4.58. The van der Waals surface area contributed by atoms with Crippen LogP contribution < -0.4 is 4.74 Å². The standard InChI is InChI=1S/C23H32FNO/c1-3-5-6-7-8-9-10-11-19-12-14-22(25-18-19)20-13-15-23(21(24)17-20)26-16-4-2/h12-15,17-18H,3-11,16H2,1-2H3. The molecule has 0 N–H and O–H groups in total. The molecule has 2 aromatic rings. The predicted octanol–water partition coefficient (Wildman–Crippen LogP) is 6.97. The molecule has 0 fully saturated rings. The SMILES string of the molecule is CCCCCCCCCc1ccc(-c2ccc(OCCC)c(F)c2)nc1. The van der Waals surface area contributed by atoms with E-state index in [1.807, 2.05) is 25.3 Å². The van der Waals surface area contributed by atoms with Crippen LogP contribution in [0.2, 0.25) is 0 Å². The van der Waals surface area contributed by atoms with E-state index < -0.39 is 0 Å². The molecule has 0 aliphatic heterocycles. The summed E-state index contributed by atoms with van der Waals surface area (Å²) in [6.07, 6.45) is 13.1. The molecule has 0 aliphatic carbocycles. The summed E-state index contributed by atoms with van der Waals surface area (Å²) in [5.41, 5.74) is 2.84. The van der Waals surface area contributed by atoms with Gasteiger partial charge >= 0.3 is 0 Å². The van der Waals surface area contributed by atoms with Crippen LogP contribution in [0.4, 0.5) is 4.39 Å². The number of halogens is 1. The molecular formula is C23H32FNO. The van der Waals surface area contributed by atoms with Crippen molar-refractivity contribution in [2.24, 2.45) is 0 Å². The first-order chi connectivity index (χ1) is 12.7. The number of nitrogens with zero attached hydrogens (tertiary/aromatic N) is 1. The number of unbranched alkanes of at least 4 members (excludes halogenated alkanes) is 6. The van der Waals surface area contributed by atoms with Crippen molar-refractivity contribution >= 4 is 0 Å². The molecule has 0 amide bonds. The Kier molecular flexibility index (Phi) is 9.16. The van der Waals surface area contributed by atoms with Gasteiger partial charge in [0.2, 0.25) is 0 Å². The van der Waals surface area contributed by atoms with Gasteiger partial charge in [-0.2, -0.15) is 0 Å². The molecule has 0 unspecified atom stereocenters. The Morgan fingerprint density at radius 2 is 1.65 bits per heavy atom. The quantitative estimate of drug-likeness (QED) is 0.383. The van der Waals surface area contributed by atoms with Crippen LogP contribution in [0.25, 0.3) is 11.3 Å². The number of pyridine rings is 1. The van der Waals surface area contributed by atoms with E-state index in [0.29, 0.717) is 12.4 Å². The van der Waals surface area contributed by atoms with Crippen molar-refractivity contribution in [3.05, 3.63) is 47.9 Å². The number of aryl methyl sites for hydroxylation is 1. The van der Waals surface area contributed by atoms with E-state index in [2.05, 4.69) is 18.0 Å². The number of benzene rings is 1. The summed E-state index contributed by atoms with van der Waals surface area (Å²) in [6.45, 7) is 4.78. The predicted molar refractivity (Wildman–Crippen MR) is 107 cm³/mol. The van der Waals surface area contributed by atoms with Gasteiger partial charge in [-0.25, -0.2) is 4.39 Å². The number of rotatable bonds is 12. The minimum Gasteiger partial charge on any atom is -0.491 e. The van der Waals surface area contributed by atoms with E-state index in [1.54, 1.807) is 6.07 Å². The van der Waals surface area contributed by atoms with Crippen molar-refractivity contribution < 1.29 is 9.13 Å². The molecule has 0 bridgehead atoms. The summed E-state index contributed by atoms with van der Waals surface area (Å²) < 4.78 is 19.5. The highest BCUT2D eigenvalue weighted by Crippen LogP contribution is 2.25. The lowest BCUT2D eigenvalue weighted by Gasteiger charge is -2.08. The Morgan fingerprint density at radius 3 is 2.31 bits per heavy atom. The van der Waals surface area contributed by atoms with Gasteiger partial charge in [-0.05, 0) is 49.1 Å². The number of hydrogen-bond donors (Lipinski definition) is 0. The third kappa shape index (κ3) is 6.78. The van der Waals surface area contributed by atoms with Gasteiger partial charge in [-0.3, -0.25) is 4.98 Å². The molecule has 0 spiro atoms. The minimum atomic E-state index is -0.329. The number of aromatic nitrogens is 1. The normalized spacial score (nSPS) is 10.9. The summed E-state index contributed by atoms with van der Waals surface area (Å²) in [5, 5.41) is 0. The second-order valence-electron chi connectivity index (χ2n) is 6.92. The highest BCUT2D eigenvalue weighted by Gasteiger charge is 2.07. The number of hydrogen-bond acceptors (Lipinski definition) is 2. The highest BCUT2D eigenvalue weighted by molar-refractivity contribution is 5.60. The van der Waals surface area contributed by atoms with Crippen molar-refractivity contribution in [3.63, 3.8) is 0 Å². The van der Waals surface area contributed by atoms with Gasteiger partial charge in [0.15, 0.2) is 11.6 Å². The van der Waals surface area contributed by atoms with Gasteiger partial charge in [-0.1, -0.05) is 58.4 Å². The molecule has 142 valence electrons. The second kappa shape index (κ2) is 11.7. The lowest BCUT2D eigenvalue weighted by molar-refractivity contribution is 0.301. The van der Waals surface area contributed by atoms with Crippen LogP contribution in [0.5, 0.6) is 5.75 Å². The number of ether oxygens (including phenoxy) is 1. The van der Waals surface area contributed by atoms with Crippen molar-refractivity contribution in [1.82, 2.24) is 4.98 Å². The van der Waals surface area contributed by atoms with Gasteiger partial charge in [0.1, 0.15) is 0 Å². The Labute approximate surface area is 157 Å². The molecule has 1 aromatic heterocycles. The highest BCUT2D eigenvalue weighted by atomic mass is 19.1. The van der Waals surface area contributed by atoms with Gasteiger partial charge in [0.25, 0.3) is 0 Å². The smallest absolute Gasteiger partial charge is 0.165 e. The Hall–Kier alpha value is -1.90. The third-order valence-electron chi connectivity index (χ3n) is 4.58. The molecule has 2 rings (SSSR count).